The molecule has 0 radical (unpaired) electrons. The first-order valence-corrected chi connectivity index (χ1v) is 9.63. The van der Waals surface area contributed by atoms with Crippen molar-refractivity contribution >= 4 is 26.7 Å². The number of pyridine rings is 1. The van der Waals surface area contributed by atoms with E-state index in [9.17, 15) is 12.8 Å². The second-order valence-corrected chi connectivity index (χ2v) is 7.65. The maximum Gasteiger partial charge on any atom is 0.264 e. The van der Waals surface area contributed by atoms with Crippen molar-refractivity contribution in [1.29, 1.82) is 0 Å². The van der Waals surface area contributed by atoms with Gasteiger partial charge >= 0.3 is 0 Å². The molecular formula is C18H20FN3O2S. The Hall–Kier alpha value is -2.41. The lowest BCUT2D eigenvalue weighted by Gasteiger charge is -2.09. The number of nitrogens with zero attached hydrogens (tertiary/aromatic N) is 2. The van der Waals surface area contributed by atoms with Gasteiger partial charge in [-0.3, -0.25) is 4.72 Å². The molecule has 25 heavy (non-hydrogen) atoms. The van der Waals surface area contributed by atoms with Crippen molar-refractivity contribution in [2.75, 3.05) is 4.72 Å². The predicted octanol–water partition coefficient (Wildman–Crippen LogP) is 4.08. The Morgan fingerprint density at radius 3 is 2.84 bits per heavy atom. The molecule has 0 atom stereocenters. The lowest BCUT2D eigenvalue weighted by molar-refractivity contribution is 0.597. The van der Waals surface area contributed by atoms with E-state index >= 15 is 0 Å². The normalized spacial score (nSPS) is 11.8. The molecular weight excluding hydrogens is 341 g/mol. The average molecular weight is 361 g/mol. The Morgan fingerprint density at radius 1 is 1.28 bits per heavy atom. The Balaban J connectivity index is 2.06. The van der Waals surface area contributed by atoms with Gasteiger partial charge in [-0.1, -0.05) is 19.4 Å². The number of fused-ring (bicyclic) bond motifs is 1. The fraction of sp³-hybridized carbons (Fsp3) is 0.278. The summed E-state index contributed by atoms with van der Waals surface area (Å²) >= 11 is 0. The Labute approximate surface area is 146 Å². The summed E-state index contributed by atoms with van der Waals surface area (Å²) < 4.78 is 43.8. The van der Waals surface area contributed by atoms with Gasteiger partial charge in [0, 0.05) is 24.3 Å². The summed E-state index contributed by atoms with van der Waals surface area (Å²) in [6, 6.07) is 7.72. The highest BCUT2D eigenvalue weighted by molar-refractivity contribution is 7.93. The molecule has 1 N–H and O–H groups in total. The molecule has 2 aromatic heterocycles. The van der Waals surface area contributed by atoms with Crippen molar-refractivity contribution in [2.24, 2.45) is 0 Å². The van der Waals surface area contributed by atoms with E-state index in [4.69, 9.17) is 0 Å². The lowest BCUT2D eigenvalue weighted by atomic mass is 10.2. The summed E-state index contributed by atoms with van der Waals surface area (Å²) in [6.45, 7) is 4.52. The van der Waals surface area contributed by atoms with E-state index in [-0.39, 0.29) is 10.6 Å². The second kappa shape index (κ2) is 6.84. The number of hydrogen-bond donors (Lipinski definition) is 1. The van der Waals surface area contributed by atoms with E-state index in [2.05, 4.69) is 16.6 Å². The average Bonchev–Trinajstić information content (AvgIpc) is 2.96. The van der Waals surface area contributed by atoms with Crippen molar-refractivity contribution in [2.45, 2.75) is 38.1 Å². The van der Waals surface area contributed by atoms with Crippen LogP contribution in [-0.4, -0.2) is 18.0 Å². The smallest absolute Gasteiger partial charge is 0.264 e. The monoisotopic (exact) mass is 361 g/mol. The molecule has 5 nitrogen and oxygen atoms in total. The van der Waals surface area contributed by atoms with Gasteiger partial charge in [0.2, 0.25) is 0 Å². The molecule has 2 heterocycles. The van der Waals surface area contributed by atoms with Gasteiger partial charge in [-0.05, 0) is 43.2 Å². The van der Waals surface area contributed by atoms with E-state index in [0.29, 0.717) is 17.6 Å². The van der Waals surface area contributed by atoms with Gasteiger partial charge in [0.25, 0.3) is 10.0 Å². The summed E-state index contributed by atoms with van der Waals surface area (Å²) in [5, 5.41) is 0.527. The molecule has 0 aliphatic heterocycles. The Kier molecular flexibility index (Phi) is 4.76. The molecule has 3 rings (SSSR count). The molecule has 0 aliphatic carbocycles. The predicted molar refractivity (Wildman–Crippen MR) is 96.6 cm³/mol. The second-order valence-electron chi connectivity index (χ2n) is 6.00. The van der Waals surface area contributed by atoms with Crippen LogP contribution in [0.2, 0.25) is 0 Å². The lowest BCUT2D eigenvalue weighted by Crippen LogP contribution is -2.14. The molecule has 0 fully saturated rings. The topological polar surface area (TPSA) is 64.0 Å². The van der Waals surface area contributed by atoms with Crippen molar-refractivity contribution in [3.63, 3.8) is 0 Å². The first-order valence-electron chi connectivity index (χ1n) is 8.15. The summed E-state index contributed by atoms with van der Waals surface area (Å²) in [4.78, 5) is 4.41. The highest BCUT2D eigenvalue weighted by Crippen LogP contribution is 2.27. The number of benzene rings is 1. The number of sulfonamides is 1. The first kappa shape index (κ1) is 17.4. The van der Waals surface area contributed by atoms with Gasteiger partial charge in [0.05, 0.1) is 5.69 Å². The fourth-order valence-electron chi connectivity index (χ4n) is 2.72. The number of aromatic nitrogens is 2. The molecule has 132 valence electrons. The number of unbranched alkanes of at least 4 members (excludes halogenated alkanes) is 1. The molecule has 0 amide bonds. The van der Waals surface area contributed by atoms with E-state index in [1.54, 1.807) is 37.5 Å². The summed E-state index contributed by atoms with van der Waals surface area (Å²) in [6.07, 6.45) is 5.11. The van der Waals surface area contributed by atoms with Gasteiger partial charge in [0.1, 0.15) is 16.4 Å². The van der Waals surface area contributed by atoms with E-state index in [1.807, 2.05) is 4.57 Å². The number of aryl methyl sites for hydroxylation is 2. The molecule has 0 saturated carbocycles. The zero-order chi connectivity index (χ0) is 18.0. The minimum atomic E-state index is -3.93. The number of hydrogen-bond acceptors (Lipinski definition) is 3. The van der Waals surface area contributed by atoms with Crippen LogP contribution in [0.1, 0.15) is 25.3 Å². The van der Waals surface area contributed by atoms with E-state index in [1.165, 1.54) is 12.1 Å². The van der Waals surface area contributed by atoms with Crippen molar-refractivity contribution in [3.05, 3.63) is 54.1 Å². The molecule has 3 aromatic rings. The maximum absolute atomic E-state index is 14.0. The third-order valence-corrected chi connectivity index (χ3v) is 5.40. The Bertz CT molecular complexity index is 1010. The Morgan fingerprint density at radius 2 is 2.08 bits per heavy atom. The van der Waals surface area contributed by atoms with Gasteiger partial charge in [-0.2, -0.15) is 0 Å². The van der Waals surface area contributed by atoms with Gasteiger partial charge in [0.15, 0.2) is 0 Å². The molecule has 0 aliphatic rings. The van der Waals surface area contributed by atoms with Gasteiger partial charge in [-0.25, -0.2) is 17.8 Å². The number of anilines is 1. The number of halogens is 1. The van der Waals surface area contributed by atoms with Crippen LogP contribution in [0.3, 0.4) is 0 Å². The van der Waals surface area contributed by atoms with Crippen LogP contribution in [0.25, 0.3) is 11.0 Å². The molecule has 7 heteroatoms. The van der Waals surface area contributed by atoms with Crippen LogP contribution >= 0.6 is 0 Å². The van der Waals surface area contributed by atoms with Crippen LogP contribution in [0.4, 0.5) is 10.1 Å². The quantitative estimate of drug-likeness (QED) is 0.719. The van der Waals surface area contributed by atoms with Gasteiger partial charge < -0.3 is 4.57 Å². The third kappa shape index (κ3) is 3.51. The van der Waals surface area contributed by atoms with E-state index < -0.39 is 15.8 Å². The zero-order valence-electron chi connectivity index (χ0n) is 14.2. The number of nitrogens with one attached hydrogen (secondary N) is 1. The van der Waals surface area contributed by atoms with Crippen molar-refractivity contribution in [1.82, 2.24) is 9.55 Å². The van der Waals surface area contributed by atoms with Crippen LogP contribution in [0.5, 0.6) is 0 Å². The molecule has 1 aromatic carbocycles. The van der Waals surface area contributed by atoms with E-state index in [0.717, 1.165) is 18.4 Å². The largest absolute Gasteiger partial charge is 0.331 e. The van der Waals surface area contributed by atoms with Crippen LogP contribution < -0.4 is 4.72 Å². The molecule has 0 saturated heterocycles. The third-order valence-electron chi connectivity index (χ3n) is 4.01. The molecule has 0 bridgehead atoms. The fourth-order valence-corrected chi connectivity index (χ4v) is 3.99. The summed E-state index contributed by atoms with van der Waals surface area (Å²) in [7, 11) is -3.93. The summed E-state index contributed by atoms with van der Waals surface area (Å²) in [5.74, 6) is -0.609. The van der Waals surface area contributed by atoms with Gasteiger partial charge in [-0.15, -0.1) is 0 Å². The minimum absolute atomic E-state index is 0.0571. The first-order chi connectivity index (χ1) is 11.9. The highest BCUT2D eigenvalue weighted by atomic mass is 32.2. The highest BCUT2D eigenvalue weighted by Gasteiger charge is 2.22. The number of rotatable bonds is 6. The van der Waals surface area contributed by atoms with Crippen molar-refractivity contribution < 1.29 is 12.8 Å². The standard InChI is InChI=1S/C18H20FN3O2S/c1-3-4-10-22-12-17(14-6-5-9-20-18(14)22)25(23,24)21-16-11-13(2)7-8-15(16)19/h5-9,11-12,21H,3-4,10H2,1-2H3. The summed E-state index contributed by atoms with van der Waals surface area (Å²) in [5.41, 5.74) is 1.32. The molecule has 0 unspecified atom stereocenters. The minimum Gasteiger partial charge on any atom is -0.331 e. The SMILES string of the molecule is CCCCn1cc(S(=O)(=O)Nc2cc(C)ccc2F)c2cccnc21. The zero-order valence-corrected chi connectivity index (χ0v) is 15.0. The molecule has 0 spiro atoms. The van der Waals surface area contributed by atoms with Crippen molar-refractivity contribution in [3.8, 4) is 0 Å². The maximum atomic E-state index is 14.0. The van der Waals surface area contributed by atoms with Crippen LogP contribution in [0, 0.1) is 12.7 Å². The van der Waals surface area contributed by atoms with Crippen LogP contribution in [-0.2, 0) is 16.6 Å². The van der Waals surface area contributed by atoms with Crippen LogP contribution in [0.15, 0.2) is 47.6 Å².